The van der Waals surface area contributed by atoms with E-state index in [9.17, 15) is 17.2 Å². The van der Waals surface area contributed by atoms with E-state index in [1.807, 2.05) is 0 Å². The number of halogens is 3. The highest BCUT2D eigenvalue weighted by atomic mass is 79.9. The molecule has 5 nitrogen and oxygen atoms in total. The van der Waals surface area contributed by atoms with Gasteiger partial charge in [0.2, 0.25) is 0 Å². The molecule has 0 radical (unpaired) electrons. The van der Waals surface area contributed by atoms with E-state index in [1.165, 1.54) is 26.4 Å². The number of hydrogen-bond donors (Lipinski definition) is 1. The Morgan fingerprint density at radius 2 is 1.78 bits per heavy atom. The number of benzene rings is 2. The van der Waals surface area contributed by atoms with Crippen LogP contribution in [0.5, 0.6) is 11.5 Å². The van der Waals surface area contributed by atoms with Gasteiger partial charge >= 0.3 is 0 Å². The minimum absolute atomic E-state index is 0.0578. The van der Waals surface area contributed by atoms with Crippen LogP contribution in [0.25, 0.3) is 0 Å². The van der Waals surface area contributed by atoms with E-state index in [0.29, 0.717) is 11.8 Å². The summed E-state index contributed by atoms with van der Waals surface area (Å²) in [4.78, 5) is -0.705. The molecular formula is C14H12BrF2NO4S. The predicted octanol–water partition coefficient (Wildman–Crippen LogP) is 3.55. The van der Waals surface area contributed by atoms with Crippen molar-refractivity contribution in [2.75, 3.05) is 18.9 Å². The zero-order valence-electron chi connectivity index (χ0n) is 12.1. The Morgan fingerprint density at radius 3 is 2.35 bits per heavy atom. The Balaban J connectivity index is 2.51. The molecule has 0 fully saturated rings. The SMILES string of the molecule is COc1ccc(OC)c(NS(=O)(=O)c2c(F)cc(F)cc2Br)c1. The molecule has 0 heterocycles. The van der Waals surface area contributed by atoms with Crippen LogP contribution in [0.2, 0.25) is 0 Å². The largest absolute Gasteiger partial charge is 0.497 e. The van der Waals surface area contributed by atoms with Crippen molar-refractivity contribution in [1.82, 2.24) is 0 Å². The number of anilines is 1. The quantitative estimate of drug-likeness (QED) is 0.822. The Hall–Kier alpha value is -1.87. The predicted molar refractivity (Wildman–Crippen MR) is 84.4 cm³/mol. The lowest BCUT2D eigenvalue weighted by Gasteiger charge is -2.14. The van der Waals surface area contributed by atoms with Crippen molar-refractivity contribution in [2.24, 2.45) is 0 Å². The molecule has 0 spiro atoms. The van der Waals surface area contributed by atoms with Gasteiger partial charge in [-0.25, -0.2) is 17.2 Å². The molecule has 0 saturated heterocycles. The second-order valence-electron chi connectivity index (χ2n) is 4.37. The van der Waals surface area contributed by atoms with Gasteiger partial charge < -0.3 is 9.47 Å². The summed E-state index contributed by atoms with van der Waals surface area (Å²) in [5.41, 5.74) is 0.0578. The van der Waals surface area contributed by atoms with E-state index in [2.05, 4.69) is 20.7 Å². The van der Waals surface area contributed by atoms with Gasteiger partial charge in [0.1, 0.15) is 28.0 Å². The van der Waals surface area contributed by atoms with Crippen LogP contribution in [-0.2, 0) is 10.0 Å². The summed E-state index contributed by atoms with van der Waals surface area (Å²) in [6.45, 7) is 0. The van der Waals surface area contributed by atoms with Crippen LogP contribution in [0.3, 0.4) is 0 Å². The first-order valence-corrected chi connectivity index (χ1v) is 8.45. The second-order valence-corrected chi connectivity index (χ2v) is 6.84. The van der Waals surface area contributed by atoms with E-state index in [4.69, 9.17) is 9.47 Å². The Bertz CT molecular complexity index is 820. The molecule has 0 unspecified atom stereocenters. The van der Waals surface area contributed by atoms with Crippen LogP contribution in [0.1, 0.15) is 0 Å². The summed E-state index contributed by atoms with van der Waals surface area (Å²) in [5.74, 6) is -1.52. The smallest absolute Gasteiger partial charge is 0.266 e. The number of methoxy groups -OCH3 is 2. The molecule has 0 aliphatic rings. The molecule has 9 heteroatoms. The lowest BCUT2D eigenvalue weighted by atomic mass is 10.3. The molecule has 1 N–H and O–H groups in total. The molecule has 2 aromatic carbocycles. The van der Waals surface area contributed by atoms with Crippen LogP contribution in [0, 0.1) is 11.6 Å². The van der Waals surface area contributed by atoms with Gasteiger partial charge in [0.15, 0.2) is 0 Å². The maximum atomic E-state index is 13.9. The summed E-state index contributed by atoms with van der Waals surface area (Å²) in [5, 5.41) is 0. The van der Waals surface area contributed by atoms with Crippen molar-refractivity contribution in [2.45, 2.75) is 4.90 Å². The fraction of sp³-hybridized carbons (Fsp3) is 0.143. The van der Waals surface area contributed by atoms with Gasteiger partial charge in [0.05, 0.1) is 19.9 Å². The van der Waals surface area contributed by atoms with Crippen molar-refractivity contribution in [3.05, 3.63) is 46.4 Å². The third-order valence-corrected chi connectivity index (χ3v) is 5.21. The van der Waals surface area contributed by atoms with E-state index in [-0.39, 0.29) is 15.9 Å². The normalized spacial score (nSPS) is 11.2. The summed E-state index contributed by atoms with van der Waals surface area (Å²) in [6.07, 6.45) is 0. The number of rotatable bonds is 5. The highest BCUT2D eigenvalue weighted by Crippen LogP contribution is 2.33. The number of sulfonamides is 1. The second kappa shape index (κ2) is 6.71. The van der Waals surface area contributed by atoms with Gasteiger partial charge in [-0.15, -0.1) is 0 Å². The van der Waals surface area contributed by atoms with Gasteiger partial charge in [-0.1, -0.05) is 0 Å². The number of hydrogen-bond acceptors (Lipinski definition) is 4. The Morgan fingerprint density at radius 1 is 1.09 bits per heavy atom. The van der Waals surface area contributed by atoms with Crippen LogP contribution < -0.4 is 14.2 Å². The highest BCUT2D eigenvalue weighted by molar-refractivity contribution is 9.10. The van der Waals surface area contributed by atoms with Crippen molar-refractivity contribution in [1.29, 1.82) is 0 Å². The van der Waals surface area contributed by atoms with Gasteiger partial charge in [-0.3, -0.25) is 4.72 Å². The van der Waals surface area contributed by atoms with Crippen molar-refractivity contribution >= 4 is 31.6 Å². The lowest BCUT2D eigenvalue weighted by Crippen LogP contribution is -2.16. The summed E-state index contributed by atoms with van der Waals surface area (Å²) in [7, 11) is -1.55. The Kier molecular flexibility index (Phi) is 5.10. The van der Waals surface area contributed by atoms with Crippen LogP contribution in [-0.4, -0.2) is 22.6 Å². The van der Waals surface area contributed by atoms with E-state index in [1.54, 1.807) is 6.07 Å². The molecule has 0 atom stereocenters. The molecule has 0 aromatic heterocycles. The fourth-order valence-corrected chi connectivity index (χ4v) is 4.11. The minimum Gasteiger partial charge on any atom is -0.497 e. The summed E-state index contributed by atoms with van der Waals surface area (Å²) < 4.78 is 63.9. The Labute approximate surface area is 140 Å². The summed E-state index contributed by atoms with van der Waals surface area (Å²) in [6, 6.07) is 5.80. The topological polar surface area (TPSA) is 64.6 Å². The average Bonchev–Trinajstić information content (AvgIpc) is 2.45. The molecular weight excluding hydrogens is 396 g/mol. The van der Waals surface area contributed by atoms with Gasteiger partial charge in [-0.2, -0.15) is 0 Å². The summed E-state index contributed by atoms with van der Waals surface area (Å²) >= 11 is 2.86. The van der Waals surface area contributed by atoms with Crippen molar-refractivity contribution in [3.63, 3.8) is 0 Å². The van der Waals surface area contributed by atoms with Gasteiger partial charge in [-0.05, 0) is 34.1 Å². The standard InChI is InChI=1S/C14H12BrF2NO4S/c1-21-9-3-4-13(22-2)12(7-9)18-23(19,20)14-10(15)5-8(16)6-11(14)17/h3-7,18H,1-2H3. The monoisotopic (exact) mass is 407 g/mol. The molecule has 124 valence electrons. The fourth-order valence-electron chi connectivity index (χ4n) is 1.88. The first-order valence-electron chi connectivity index (χ1n) is 6.18. The van der Waals surface area contributed by atoms with E-state index < -0.39 is 26.6 Å². The lowest BCUT2D eigenvalue weighted by molar-refractivity contribution is 0.405. The minimum atomic E-state index is -4.32. The molecule has 0 aliphatic carbocycles. The van der Waals surface area contributed by atoms with Gasteiger partial charge in [0.25, 0.3) is 10.0 Å². The van der Waals surface area contributed by atoms with E-state index in [0.717, 1.165) is 6.07 Å². The maximum absolute atomic E-state index is 13.9. The molecule has 0 aliphatic heterocycles. The van der Waals surface area contributed by atoms with Crippen LogP contribution in [0.4, 0.5) is 14.5 Å². The number of ether oxygens (including phenoxy) is 2. The number of nitrogens with one attached hydrogen (secondary N) is 1. The molecule has 23 heavy (non-hydrogen) atoms. The highest BCUT2D eigenvalue weighted by Gasteiger charge is 2.25. The van der Waals surface area contributed by atoms with Crippen LogP contribution in [0.15, 0.2) is 39.7 Å². The molecule has 0 amide bonds. The van der Waals surface area contributed by atoms with Crippen LogP contribution >= 0.6 is 15.9 Å². The molecule has 0 saturated carbocycles. The molecule has 2 rings (SSSR count). The first kappa shape index (κ1) is 17.5. The van der Waals surface area contributed by atoms with Gasteiger partial charge in [0, 0.05) is 16.6 Å². The maximum Gasteiger partial charge on any atom is 0.266 e. The molecule has 0 bridgehead atoms. The molecule has 2 aromatic rings. The third kappa shape index (κ3) is 3.73. The zero-order chi connectivity index (χ0) is 17.2. The van der Waals surface area contributed by atoms with Crippen molar-refractivity contribution < 1.29 is 26.7 Å². The van der Waals surface area contributed by atoms with Crippen molar-refractivity contribution in [3.8, 4) is 11.5 Å². The average molecular weight is 408 g/mol. The first-order chi connectivity index (χ1) is 10.8. The zero-order valence-corrected chi connectivity index (χ0v) is 14.5. The van der Waals surface area contributed by atoms with E-state index >= 15 is 0 Å². The third-order valence-electron chi connectivity index (χ3n) is 2.88.